The summed E-state index contributed by atoms with van der Waals surface area (Å²) in [6.45, 7) is 4.43. The molecule has 0 fully saturated rings. The van der Waals surface area contributed by atoms with Gasteiger partial charge in [-0.1, -0.05) is 66.7 Å². The highest BCUT2D eigenvalue weighted by atomic mass is 16.5. The topological polar surface area (TPSA) is 9.23 Å². The van der Waals surface area contributed by atoms with Crippen molar-refractivity contribution >= 4 is 0 Å². The molecule has 0 aliphatic carbocycles. The minimum Gasteiger partial charge on any atom is -0.365 e. The van der Waals surface area contributed by atoms with Crippen molar-refractivity contribution in [3.63, 3.8) is 0 Å². The van der Waals surface area contributed by atoms with Crippen molar-refractivity contribution in [2.75, 3.05) is 0 Å². The van der Waals surface area contributed by atoms with Crippen molar-refractivity contribution in [3.8, 4) is 0 Å². The van der Waals surface area contributed by atoms with Crippen LogP contribution in [0.25, 0.3) is 0 Å². The second-order valence-electron chi connectivity index (χ2n) is 3.86. The summed E-state index contributed by atoms with van der Waals surface area (Å²) < 4.78 is 5.85. The SMILES string of the molecule is C=CC(OCc1ccccc1)c1ccccc1. The second-order valence-corrected chi connectivity index (χ2v) is 3.86. The van der Waals surface area contributed by atoms with Gasteiger partial charge in [-0.05, 0) is 11.1 Å². The highest BCUT2D eigenvalue weighted by molar-refractivity contribution is 5.21. The van der Waals surface area contributed by atoms with Gasteiger partial charge in [0.05, 0.1) is 6.61 Å². The molecule has 0 spiro atoms. The zero-order valence-corrected chi connectivity index (χ0v) is 9.75. The second kappa shape index (κ2) is 6.02. The van der Waals surface area contributed by atoms with Crippen LogP contribution in [0.1, 0.15) is 17.2 Å². The van der Waals surface area contributed by atoms with Crippen LogP contribution < -0.4 is 0 Å². The Bertz CT molecular complexity index is 447. The molecule has 0 N–H and O–H groups in total. The Balaban J connectivity index is 2.00. The predicted molar refractivity (Wildman–Crippen MR) is 70.6 cm³/mol. The number of rotatable bonds is 5. The molecule has 0 aliphatic heterocycles. The molecule has 0 amide bonds. The average molecular weight is 224 g/mol. The highest BCUT2D eigenvalue weighted by Crippen LogP contribution is 2.19. The molecule has 1 unspecified atom stereocenters. The van der Waals surface area contributed by atoms with Crippen LogP contribution in [-0.4, -0.2) is 0 Å². The fourth-order valence-electron chi connectivity index (χ4n) is 1.70. The minimum atomic E-state index is -0.0450. The van der Waals surface area contributed by atoms with Crippen LogP contribution in [0, 0.1) is 0 Å². The van der Waals surface area contributed by atoms with E-state index in [2.05, 4.69) is 30.8 Å². The highest BCUT2D eigenvalue weighted by Gasteiger charge is 2.06. The quantitative estimate of drug-likeness (QED) is 0.694. The Kier molecular flexibility index (Phi) is 4.11. The van der Waals surface area contributed by atoms with E-state index in [1.807, 2.05) is 42.5 Å². The van der Waals surface area contributed by atoms with E-state index in [-0.39, 0.29) is 6.10 Å². The number of hydrogen-bond acceptors (Lipinski definition) is 1. The average Bonchev–Trinajstić information content (AvgIpc) is 2.42. The maximum absolute atomic E-state index is 5.85. The molecular formula is C16H16O. The van der Waals surface area contributed by atoms with Crippen molar-refractivity contribution in [2.45, 2.75) is 12.7 Å². The van der Waals surface area contributed by atoms with Crippen molar-refractivity contribution < 1.29 is 4.74 Å². The fourth-order valence-corrected chi connectivity index (χ4v) is 1.70. The first-order chi connectivity index (χ1) is 8.40. The lowest BCUT2D eigenvalue weighted by molar-refractivity contribution is 0.0720. The summed E-state index contributed by atoms with van der Waals surface area (Å²) >= 11 is 0. The molecule has 2 rings (SSSR count). The van der Waals surface area contributed by atoms with Gasteiger partial charge in [-0.2, -0.15) is 0 Å². The number of hydrogen-bond donors (Lipinski definition) is 0. The molecule has 0 bridgehead atoms. The van der Waals surface area contributed by atoms with E-state index in [4.69, 9.17) is 4.74 Å². The van der Waals surface area contributed by atoms with E-state index in [1.54, 1.807) is 0 Å². The molecule has 0 saturated carbocycles. The molecule has 0 saturated heterocycles. The van der Waals surface area contributed by atoms with Crippen LogP contribution in [0.4, 0.5) is 0 Å². The van der Waals surface area contributed by atoms with Crippen LogP contribution in [0.5, 0.6) is 0 Å². The summed E-state index contributed by atoms with van der Waals surface area (Å²) in [7, 11) is 0. The van der Waals surface area contributed by atoms with Gasteiger partial charge in [-0.15, -0.1) is 6.58 Å². The van der Waals surface area contributed by atoms with Gasteiger partial charge in [0.1, 0.15) is 6.10 Å². The molecule has 1 heteroatoms. The lowest BCUT2D eigenvalue weighted by Crippen LogP contribution is -2.01. The molecule has 0 heterocycles. The summed E-state index contributed by atoms with van der Waals surface area (Å²) in [5, 5.41) is 0. The summed E-state index contributed by atoms with van der Waals surface area (Å²) in [5.74, 6) is 0. The van der Waals surface area contributed by atoms with E-state index in [9.17, 15) is 0 Å². The van der Waals surface area contributed by atoms with Gasteiger partial charge in [0.15, 0.2) is 0 Å². The van der Waals surface area contributed by atoms with Gasteiger partial charge in [0.25, 0.3) is 0 Å². The van der Waals surface area contributed by atoms with Gasteiger partial charge < -0.3 is 4.74 Å². The van der Waals surface area contributed by atoms with E-state index < -0.39 is 0 Å². The van der Waals surface area contributed by atoms with Crippen molar-refractivity contribution in [1.29, 1.82) is 0 Å². The Morgan fingerprint density at radius 3 is 2.12 bits per heavy atom. The van der Waals surface area contributed by atoms with Crippen LogP contribution >= 0.6 is 0 Å². The molecular weight excluding hydrogens is 208 g/mol. The third-order valence-corrected chi connectivity index (χ3v) is 2.61. The third-order valence-electron chi connectivity index (χ3n) is 2.61. The minimum absolute atomic E-state index is 0.0450. The molecule has 86 valence electrons. The monoisotopic (exact) mass is 224 g/mol. The smallest absolute Gasteiger partial charge is 0.101 e. The van der Waals surface area contributed by atoms with Crippen LogP contribution in [0.3, 0.4) is 0 Å². The standard InChI is InChI=1S/C16H16O/c1-2-16(15-11-7-4-8-12-15)17-13-14-9-5-3-6-10-14/h2-12,16H,1,13H2. The summed E-state index contributed by atoms with van der Waals surface area (Å²) in [6, 6.07) is 20.3. The van der Waals surface area contributed by atoms with E-state index in [1.165, 1.54) is 5.56 Å². The Morgan fingerprint density at radius 1 is 0.941 bits per heavy atom. The molecule has 2 aromatic rings. The van der Waals surface area contributed by atoms with Crippen LogP contribution in [0.2, 0.25) is 0 Å². The lowest BCUT2D eigenvalue weighted by Gasteiger charge is -2.14. The molecule has 0 aromatic heterocycles. The first-order valence-electron chi connectivity index (χ1n) is 5.73. The predicted octanol–water partition coefficient (Wildman–Crippen LogP) is 4.13. The zero-order valence-electron chi connectivity index (χ0n) is 9.75. The summed E-state index contributed by atoms with van der Waals surface area (Å²) in [6.07, 6.45) is 1.79. The summed E-state index contributed by atoms with van der Waals surface area (Å²) in [4.78, 5) is 0. The van der Waals surface area contributed by atoms with Gasteiger partial charge in [0, 0.05) is 0 Å². The van der Waals surface area contributed by atoms with Crippen molar-refractivity contribution in [2.24, 2.45) is 0 Å². The molecule has 1 nitrogen and oxygen atoms in total. The van der Waals surface area contributed by atoms with Crippen LogP contribution in [-0.2, 0) is 11.3 Å². The molecule has 0 aliphatic rings. The van der Waals surface area contributed by atoms with Crippen LogP contribution in [0.15, 0.2) is 73.3 Å². The van der Waals surface area contributed by atoms with Gasteiger partial charge >= 0.3 is 0 Å². The lowest BCUT2D eigenvalue weighted by atomic mass is 10.1. The van der Waals surface area contributed by atoms with Crippen molar-refractivity contribution in [3.05, 3.63) is 84.4 Å². The summed E-state index contributed by atoms with van der Waals surface area (Å²) in [5.41, 5.74) is 2.31. The van der Waals surface area contributed by atoms with E-state index in [0.29, 0.717) is 6.61 Å². The van der Waals surface area contributed by atoms with E-state index >= 15 is 0 Å². The molecule has 2 aromatic carbocycles. The largest absolute Gasteiger partial charge is 0.365 e. The fraction of sp³-hybridized carbons (Fsp3) is 0.125. The van der Waals surface area contributed by atoms with Gasteiger partial charge in [-0.3, -0.25) is 0 Å². The maximum atomic E-state index is 5.85. The molecule has 17 heavy (non-hydrogen) atoms. The normalized spacial score (nSPS) is 12.0. The first-order valence-corrected chi connectivity index (χ1v) is 5.73. The maximum Gasteiger partial charge on any atom is 0.101 e. The zero-order chi connectivity index (χ0) is 11.9. The molecule has 1 atom stereocenters. The van der Waals surface area contributed by atoms with Gasteiger partial charge in [0.2, 0.25) is 0 Å². The first kappa shape index (κ1) is 11.6. The number of benzene rings is 2. The molecule has 0 radical (unpaired) electrons. The number of ether oxygens (including phenoxy) is 1. The Morgan fingerprint density at radius 2 is 1.53 bits per heavy atom. The Hall–Kier alpha value is -1.86. The van der Waals surface area contributed by atoms with Crippen molar-refractivity contribution in [1.82, 2.24) is 0 Å². The van der Waals surface area contributed by atoms with E-state index in [0.717, 1.165) is 5.56 Å². The Labute approximate surface area is 102 Å². The third kappa shape index (κ3) is 3.30. The van der Waals surface area contributed by atoms with Gasteiger partial charge in [-0.25, -0.2) is 0 Å².